The van der Waals surface area contributed by atoms with Gasteiger partial charge in [0.1, 0.15) is 0 Å². The quantitative estimate of drug-likeness (QED) is 0.584. The van der Waals surface area contributed by atoms with Gasteiger partial charge < -0.3 is 10.4 Å². The summed E-state index contributed by atoms with van der Waals surface area (Å²) in [5.41, 5.74) is 0. The number of piperidine rings is 1. The van der Waals surface area contributed by atoms with Crippen molar-refractivity contribution in [1.29, 1.82) is 0 Å². The lowest BCUT2D eigenvalue weighted by Crippen LogP contribution is -2.44. The first-order chi connectivity index (χ1) is 5.13. The van der Waals surface area contributed by atoms with Gasteiger partial charge in [0.15, 0.2) is 0 Å². The Hall–Kier alpha value is -0.570. The van der Waals surface area contributed by atoms with E-state index in [4.69, 9.17) is 5.11 Å². The van der Waals surface area contributed by atoms with Crippen LogP contribution >= 0.6 is 0 Å². The van der Waals surface area contributed by atoms with Crippen molar-refractivity contribution < 1.29 is 9.90 Å². The second-order valence-corrected chi connectivity index (χ2v) is 3.44. The van der Waals surface area contributed by atoms with Gasteiger partial charge in [-0.05, 0) is 18.4 Å². The van der Waals surface area contributed by atoms with Crippen LogP contribution in [0.3, 0.4) is 0 Å². The Morgan fingerprint density at radius 3 is 2.55 bits per heavy atom. The predicted molar refractivity (Wildman–Crippen MR) is 42.3 cm³/mol. The van der Waals surface area contributed by atoms with Crippen molar-refractivity contribution in [3.63, 3.8) is 0 Å². The van der Waals surface area contributed by atoms with Crippen molar-refractivity contribution in [1.82, 2.24) is 5.32 Å². The molecule has 0 bridgehead atoms. The largest absolute Gasteiger partial charge is 0.481 e. The number of rotatable bonds is 1. The number of nitrogens with one attached hydrogen (secondary N) is 1. The minimum atomic E-state index is -0.670. The van der Waals surface area contributed by atoms with Gasteiger partial charge in [0.25, 0.3) is 0 Å². The molecule has 0 amide bonds. The molecule has 0 saturated carbocycles. The molecule has 0 spiro atoms. The fourth-order valence-corrected chi connectivity index (χ4v) is 1.55. The molecule has 0 aromatic rings. The summed E-state index contributed by atoms with van der Waals surface area (Å²) in [6.07, 6.45) is 0. The van der Waals surface area contributed by atoms with Crippen molar-refractivity contribution >= 4 is 5.97 Å². The minimum Gasteiger partial charge on any atom is -0.481 e. The summed E-state index contributed by atoms with van der Waals surface area (Å²) in [5, 5.41) is 11.9. The fourth-order valence-electron chi connectivity index (χ4n) is 1.55. The van der Waals surface area contributed by atoms with Gasteiger partial charge in [-0.1, -0.05) is 13.8 Å². The third-order valence-corrected chi connectivity index (χ3v) is 2.68. The third-order valence-electron chi connectivity index (χ3n) is 2.68. The number of carbonyl (C=O) groups is 1. The van der Waals surface area contributed by atoms with E-state index in [1.165, 1.54) is 0 Å². The molecule has 3 atom stereocenters. The molecule has 3 nitrogen and oxygen atoms in total. The van der Waals surface area contributed by atoms with Crippen LogP contribution in [0.5, 0.6) is 0 Å². The number of carboxylic acids is 1. The van der Waals surface area contributed by atoms with Gasteiger partial charge in [-0.3, -0.25) is 4.79 Å². The molecule has 1 fully saturated rings. The summed E-state index contributed by atoms with van der Waals surface area (Å²) < 4.78 is 0. The molecule has 64 valence electrons. The van der Waals surface area contributed by atoms with E-state index in [0.29, 0.717) is 18.4 Å². The maximum atomic E-state index is 10.7. The zero-order chi connectivity index (χ0) is 8.43. The van der Waals surface area contributed by atoms with Gasteiger partial charge in [0.2, 0.25) is 0 Å². The smallest absolute Gasteiger partial charge is 0.308 e. The summed E-state index contributed by atoms with van der Waals surface area (Å²) in [4.78, 5) is 10.7. The molecule has 11 heavy (non-hydrogen) atoms. The van der Waals surface area contributed by atoms with Crippen LogP contribution in [0.2, 0.25) is 0 Å². The molecule has 1 saturated heterocycles. The van der Waals surface area contributed by atoms with E-state index in [1.54, 1.807) is 0 Å². The van der Waals surface area contributed by atoms with Gasteiger partial charge in [0.05, 0.1) is 5.92 Å². The Labute approximate surface area is 66.8 Å². The number of aliphatic carboxylic acids is 1. The van der Waals surface area contributed by atoms with Gasteiger partial charge in [-0.25, -0.2) is 0 Å². The highest BCUT2D eigenvalue weighted by molar-refractivity contribution is 5.70. The highest BCUT2D eigenvalue weighted by atomic mass is 16.4. The van der Waals surface area contributed by atoms with Crippen LogP contribution in [0.4, 0.5) is 0 Å². The lowest BCUT2D eigenvalue weighted by atomic mass is 9.81. The van der Waals surface area contributed by atoms with Crippen LogP contribution in [0.1, 0.15) is 13.8 Å². The lowest BCUT2D eigenvalue weighted by molar-refractivity contribution is -0.144. The predicted octanol–water partition coefficient (Wildman–Crippen LogP) is 0.563. The Balaban J connectivity index is 2.58. The Bertz CT molecular complexity index is 158. The van der Waals surface area contributed by atoms with E-state index >= 15 is 0 Å². The van der Waals surface area contributed by atoms with Crippen LogP contribution < -0.4 is 5.32 Å². The second-order valence-electron chi connectivity index (χ2n) is 3.44. The average molecular weight is 157 g/mol. The summed E-state index contributed by atoms with van der Waals surface area (Å²) in [6, 6.07) is 0. The molecule has 3 heteroatoms. The Morgan fingerprint density at radius 1 is 1.45 bits per heavy atom. The summed E-state index contributed by atoms with van der Waals surface area (Å²) in [5.74, 6) is -0.0890. The maximum absolute atomic E-state index is 10.7. The first-order valence-corrected chi connectivity index (χ1v) is 4.06. The van der Waals surface area contributed by atoms with Crippen LogP contribution in [-0.4, -0.2) is 24.2 Å². The number of hydrogen-bond donors (Lipinski definition) is 2. The molecular weight excluding hydrogens is 142 g/mol. The zero-order valence-corrected chi connectivity index (χ0v) is 7.00. The van der Waals surface area contributed by atoms with Gasteiger partial charge in [0, 0.05) is 6.54 Å². The molecule has 2 N–H and O–H groups in total. The van der Waals surface area contributed by atoms with Crippen molar-refractivity contribution in [2.24, 2.45) is 17.8 Å². The van der Waals surface area contributed by atoms with E-state index in [-0.39, 0.29) is 5.92 Å². The van der Waals surface area contributed by atoms with Crippen molar-refractivity contribution in [2.45, 2.75) is 13.8 Å². The molecule has 0 aromatic carbocycles. The monoisotopic (exact) mass is 157 g/mol. The molecule has 1 aliphatic heterocycles. The summed E-state index contributed by atoms with van der Waals surface area (Å²) in [6.45, 7) is 5.68. The maximum Gasteiger partial charge on any atom is 0.308 e. The number of carboxylic acid groups (broad SMARTS) is 1. The topological polar surface area (TPSA) is 49.3 Å². The zero-order valence-electron chi connectivity index (χ0n) is 7.00. The van der Waals surface area contributed by atoms with Crippen molar-refractivity contribution in [2.75, 3.05) is 13.1 Å². The Morgan fingerprint density at radius 2 is 2.09 bits per heavy atom. The molecule has 0 aliphatic carbocycles. The fraction of sp³-hybridized carbons (Fsp3) is 0.875. The van der Waals surface area contributed by atoms with Crippen LogP contribution in [-0.2, 0) is 4.79 Å². The van der Waals surface area contributed by atoms with Crippen LogP contribution in [0.25, 0.3) is 0 Å². The summed E-state index contributed by atoms with van der Waals surface area (Å²) >= 11 is 0. The van der Waals surface area contributed by atoms with Gasteiger partial charge in [-0.2, -0.15) is 0 Å². The first-order valence-electron chi connectivity index (χ1n) is 4.06. The van der Waals surface area contributed by atoms with Crippen LogP contribution in [0, 0.1) is 17.8 Å². The van der Waals surface area contributed by atoms with E-state index in [9.17, 15) is 4.79 Å². The van der Waals surface area contributed by atoms with Crippen molar-refractivity contribution in [3.05, 3.63) is 0 Å². The van der Waals surface area contributed by atoms with Crippen LogP contribution in [0.15, 0.2) is 0 Å². The highest BCUT2D eigenvalue weighted by Crippen LogP contribution is 2.23. The van der Waals surface area contributed by atoms with Crippen molar-refractivity contribution in [3.8, 4) is 0 Å². The summed E-state index contributed by atoms with van der Waals surface area (Å²) in [7, 11) is 0. The lowest BCUT2D eigenvalue weighted by Gasteiger charge is -2.31. The molecule has 1 rings (SSSR count). The standard InChI is InChI=1S/C8H15NO2/c1-5-3-9-4-7(6(5)2)8(10)11/h5-7,9H,3-4H2,1-2H3,(H,10,11). The molecule has 3 unspecified atom stereocenters. The second kappa shape index (κ2) is 3.22. The average Bonchev–Trinajstić information content (AvgIpc) is 1.94. The van der Waals surface area contributed by atoms with Gasteiger partial charge >= 0.3 is 5.97 Å². The SMILES string of the molecule is CC1CNCC(C(=O)O)C1C. The third kappa shape index (κ3) is 1.71. The molecule has 0 aromatic heterocycles. The molecule has 1 heterocycles. The van der Waals surface area contributed by atoms with E-state index in [0.717, 1.165) is 6.54 Å². The van der Waals surface area contributed by atoms with Gasteiger partial charge in [-0.15, -0.1) is 0 Å². The highest BCUT2D eigenvalue weighted by Gasteiger charge is 2.31. The normalized spacial score (nSPS) is 38.5. The molecular formula is C8H15NO2. The first kappa shape index (κ1) is 8.53. The van der Waals surface area contributed by atoms with E-state index < -0.39 is 5.97 Å². The molecule has 1 aliphatic rings. The minimum absolute atomic E-state index is 0.196. The molecule has 0 radical (unpaired) electrons. The Kier molecular flexibility index (Phi) is 2.49. The van der Waals surface area contributed by atoms with E-state index in [1.807, 2.05) is 6.92 Å². The number of hydrogen-bond acceptors (Lipinski definition) is 2. The van der Waals surface area contributed by atoms with E-state index in [2.05, 4.69) is 12.2 Å².